The summed E-state index contributed by atoms with van der Waals surface area (Å²) < 4.78 is 19.4. The zero-order valence-electron chi connectivity index (χ0n) is 17.6. The second kappa shape index (κ2) is 9.35. The predicted octanol–water partition coefficient (Wildman–Crippen LogP) is 4.67. The minimum absolute atomic E-state index is 0.100. The Morgan fingerprint density at radius 3 is 2.61 bits per heavy atom. The average Bonchev–Trinajstić information content (AvgIpc) is 3.41. The molecule has 0 saturated carbocycles. The third-order valence-electron chi connectivity index (χ3n) is 4.78. The van der Waals surface area contributed by atoms with Crippen molar-refractivity contribution in [2.75, 3.05) is 5.32 Å². The number of aliphatic carboxylic acids is 1. The van der Waals surface area contributed by atoms with E-state index in [0.29, 0.717) is 16.3 Å². The minimum Gasteiger partial charge on any atom is -0.480 e. The van der Waals surface area contributed by atoms with Crippen LogP contribution in [0.25, 0.3) is 21.5 Å². The highest BCUT2D eigenvalue weighted by Crippen LogP contribution is 2.30. The van der Waals surface area contributed by atoms with Crippen LogP contribution >= 0.6 is 11.3 Å². The standard InChI is InChI=1S/C22H20FN5O4S/c1-11(2)19(21(29)30)26-20(27-31)17-10-16(28-32-17)12-3-6-14(7-4-12)24-22-25-15-8-5-13(23)9-18(15)33-22/h3-11,19,31H,1-2H3,(H,24,25)(H,26,27)(H,29,30). The van der Waals surface area contributed by atoms with Gasteiger partial charge in [0, 0.05) is 17.3 Å². The third-order valence-corrected chi connectivity index (χ3v) is 5.72. The lowest BCUT2D eigenvalue weighted by Gasteiger charge is -2.12. The molecule has 0 fully saturated rings. The monoisotopic (exact) mass is 469 g/mol. The molecule has 0 radical (unpaired) electrons. The summed E-state index contributed by atoms with van der Waals surface area (Å²) in [6, 6.07) is 12.2. The Kier molecular flexibility index (Phi) is 6.33. The molecule has 9 nitrogen and oxygen atoms in total. The van der Waals surface area contributed by atoms with E-state index in [1.165, 1.54) is 23.5 Å². The third kappa shape index (κ3) is 4.99. The van der Waals surface area contributed by atoms with Gasteiger partial charge in [-0.2, -0.15) is 0 Å². The summed E-state index contributed by atoms with van der Waals surface area (Å²) in [5.41, 5.74) is 4.60. The molecule has 0 spiro atoms. The van der Waals surface area contributed by atoms with Crippen molar-refractivity contribution >= 4 is 44.2 Å². The lowest BCUT2D eigenvalue weighted by Crippen LogP contribution is -2.29. The van der Waals surface area contributed by atoms with Gasteiger partial charge in [-0.3, -0.25) is 5.21 Å². The number of carbonyl (C=O) groups is 1. The van der Waals surface area contributed by atoms with Crippen molar-refractivity contribution in [2.45, 2.75) is 19.9 Å². The lowest BCUT2D eigenvalue weighted by molar-refractivity contribution is -0.139. The lowest BCUT2D eigenvalue weighted by atomic mass is 10.1. The number of rotatable bonds is 7. The van der Waals surface area contributed by atoms with Crippen molar-refractivity contribution in [1.82, 2.24) is 15.6 Å². The molecule has 1 atom stereocenters. The highest BCUT2D eigenvalue weighted by atomic mass is 32.1. The first-order valence-electron chi connectivity index (χ1n) is 9.95. The van der Waals surface area contributed by atoms with Crippen LogP contribution in [-0.4, -0.2) is 38.3 Å². The van der Waals surface area contributed by atoms with E-state index in [1.807, 2.05) is 29.7 Å². The number of halogens is 1. The van der Waals surface area contributed by atoms with Gasteiger partial charge in [-0.05, 0) is 36.2 Å². The van der Waals surface area contributed by atoms with Gasteiger partial charge in [0.05, 0.1) is 10.2 Å². The van der Waals surface area contributed by atoms with Gasteiger partial charge < -0.3 is 14.9 Å². The topological polar surface area (TPSA) is 133 Å². The molecule has 2 aromatic heterocycles. The summed E-state index contributed by atoms with van der Waals surface area (Å²) >= 11 is 1.35. The maximum absolute atomic E-state index is 13.4. The van der Waals surface area contributed by atoms with E-state index in [4.69, 9.17) is 4.52 Å². The van der Waals surface area contributed by atoms with Gasteiger partial charge in [-0.25, -0.2) is 24.6 Å². The van der Waals surface area contributed by atoms with Gasteiger partial charge in [-0.15, -0.1) is 0 Å². The summed E-state index contributed by atoms with van der Waals surface area (Å²) in [7, 11) is 0. The molecule has 0 saturated heterocycles. The van der Waals surface area contributed by atoms with Gasteiger partial charge in [-0.1, -0.05) is 42.5 Å². The van der Waals surface area contributed by atoms with Crippen LogP contribution in [-0.2, 0) is 4.79 Å². The molecule has 1 unspecified atom stereocenters. The highest BCUT2D eigenvalue weighted by molar-refractivity contribution is 7.22. The fourth-order valence-corrected chi connectivity index (χ4v) is 4.01. The van der Waals surface area contributed by atoms with Crippen LogP contribution in [0.5, 0.6) is 0 Å². The van der Waals surface area contributed by atoms with Crippen LogP contribution in [0, 0.1) is 11.7 Å². The summed E-state index contributed by atoms with van der Waals surface area (Å²) in [6.07, 6.45) is 0. The summed E-state index contributed by atoms with van der Waals surface area (Å²) in [6.45, 7) is 3.43. The first-order valence-corrected chi connectivity index (χ1v) is 10.8. The van der Waals surface area contributed by atoms with E-state index in [9.17, 15) is 19.5 Å². The normalized spacial score (nSPS) is 12.8. The number of thiazole rings is 1. The van der Waals surface area contributed by atoms with Crippen molar-refractivity contribution in [3.05, 3.63) is 60.1 Å². The van der Waals surface area contributed by atoms with Gasteiger partial charge in [0.15, 0.2) is 17.0 Å². The molecule has 170 valence electrons. The van der Waals surface area contributed by atoms with Crippen molar-refractivity contribution < 1.29 is 24.0 Å². The largest absolute Gasteiger partial charge is 0.480 e. The van der Waals surface area contributed by atoms with E-state index >= 15 is 0 Å². The number of aromatic nitrogens is 2. The Bertz CT molecular complexity index is 1320. The number of anilines is 2. The van der Waals surface area contributed by atoms with Crippen molar-refractivity contribution in [3.8, 4) is 11.3 Å². The van der Waals surface area contributed by atoms with Crippen LogP contribution in [0.2, 0.25) is 0 Å². The van der Waals surface area contributed by atoms with Crippen LogP contribution in [0.3, 0.4) is 0 Å². The quantitative estimate of drug-likeness (QED) is 0.174. The molecule has 0 aliphatic heterocycles. The van der Waals surface area contributed by atoms with Crippen molar-refractivity contribution in [3.63, 3.8) is 0 Å². The number of carboxylic acid groups (broad SMARTS) is 1. The van der Waals surface area contributed by atoms with Crippen LogP contribution in [0.1, 0.15) is 19.6 Å². The summed E-state index contributed by atoms with van der Waals surface area (Å²) in [4.78, 5) is 19.9. The Morgan fingerprint density at radius 1 is 1.18 bits per heavy atom. The number of hydrogen-bond donors (Lipinski definition) is 4. The Hall–Kier alpha value is -3.83. The van der Waals surface area contributed by atoms with E-state index in [-0.39, 0.29) is 23.3 Å². The number of fused-ring (bicyclic) bond motifs is 1. The zero-order valence-corrected chi connectivity index (χ0v) is 18.4. The zero-order chi connectivity index (χ0) is 23.5. The molecule has 33 heavy (non-hydrogen) atoms. The number of nitrogens with one attached hydrogen (secondary N) is 2. The van der Waals surface area contributed by atoms with Crippen molar-refractivity contribution in [2.24, 2.45) is 10.9 Å². The Labute approximate surface area is 191 Å². The molecule has 0 bridgehead atoms. The van der Waals surface area contributed by atoms with Gasteiger partial charge in [0.25, 0.3) is 0 Å². The molecule has 0 aliphatic carbocycles. The van der Waals surface area contributed by atoms with Crippen LogP contribution in [0.4, 0.5) is 15.2 Å². The molecule has 0 amide bonds. The first kappa shape index (κ1) is 22.4. The molecule has 2 aromatic carbocycles. The maximum atomic E-state index is 13.4. The number of benzene rings is 2. The summed E-state index contributed by atoms with van der Waals surface area (Å²) in [5.74, 6) is -1.73. The average molecular weight is 469 g/mol. The number of aliphatic imine (C=N–C) groups is 1. The molecule has 4 N–H and O–H groups in total. The molecule has 4 aromatic rings. The predicted molar refractivity (Wildman–Crippen MR) is 123 cm³/mol. The maximum Gasteiger partial charge on any atom is 0.328 e. The van der Waals surface area contributed by atoms with E-state index < -0.39 is 12.0 Å². The molecular formula is C22H20FN5O4S. The first-order chi connectivity index (χ1) is 15.8. The molecule has 0 aliphatic rings. The second-order valence-corrected chi connectivity index (χ2v) is 8.56. The number of hydrogen-bond acceptors (Lipinski definition) is 8. The molecule has 11 heteroatoms. The number of hydroxylamine groups is 1. The van der Waals surface area contributed by atoms with E-state index in [0.717, 1.165) is 16.0 Å². The minimum atomic E-state index is -1.11. The fraction of sp³-hybridized carbons (Fsp3) is 0.182. The van der Waals surface area contributed by atoms with Gasteiger partial charge in [0.2, 0.25) is 5.76 Å². The SMILES string of the molecule is CC(C)C(N=C(NO)c1cc(-c2ccc(Nc3nc4ccc(F)cc4s3)cc2)no1)C(=O)O. The van der Waals surface area contributed by atoms with Gasteiger partial charge in [0.1, 0.15) is 11.5 Å². The Morgan fingerprint density at radius 2 is 1.94 bits per heavy atom. The highest BCUT2D eigenvalue weighted by Gasteiger charge is 2.23. The fourth-order valence-electron chi connectivity index (χ4n) is 3.10. The molecular weight excluding hydrogens is 449 g/mol. The van der Waals surface area contributed by atoms with E-state index in [2.05, 4.69) is 20.4 Å². The van der Waals surface area contributed by atoms with Crippen LogP contribution < -0.4 is 10.8 Å². The number of carboxylic acids is 1. The molecule has 4 rings (SSSR count). The second-order valence-electron chi connectivity index (χ2n) is 7.53. The smallest absolute Gasteiger partial charge is 0.328 e. The molecule has 2 heterocycles. The van der Waals surface area contributed by atoms with E-state index in [1.54, 1.807) is 26.0 Å². The summed E-state index contributed by atoms with van der Waals surface area (Å²) in [5, 5.41) is 26.5. The number of nitrogens with zero attached hydrogens (tertiary/aromatic N) is 3. The Balaban J connectivity index is 1.51. The van der Waals surface area contributed by atoms with Crippen LogP contribution in [0.15, 0.2) is 58.0 Å². The van der Waals surface area contributed by atoms with Gasteiger partial charge >= 0.3 is 5.97 Å². The number of amidine groups is 1. The van der Waals surface area contributed by atoms with Crippen molar-refractivity contribution in [1.29, 1.82) is 0 Å².